The Morgan fingerprint density at radius 1 is 1.86 bits per heavy atom. The quantitative estimate of drug-likeness (QED) is 0.389. The van der Waals surface area contributed by atoms with Gasteiger partial charge in [-0.15, -0.1) is 0 Å². The summed E-state index contributed by atoms with van der Waals surface area (Å²) < 4.78 is 1.10. The maximum atomic E-state index is 8.69. The summed E-state index contributed by atoms with van der Waals surface area (Å²) in [6, 6.07) is 0. The van der Waals surface area contributed by atoms with Crippen molar-refractivity contribution in [2.45, 2.75) is 6.92 Å². The zero-order valence-electron chi connectivity index (χ0n) is 3.96. The average Bonchev–Trinajstić information content (AvgIpc) is 1.91. The molecule has 0 spiro atoms. The lowest BCUT2D eigenvalue weighted by Gasteiger charge is -1.70. The highest BCUT2D eigenvalue weighted by molar-refractivity contribution is 7.07. The van der Waals surface area contributed by atoms with E-state index in [0.29, 0.717) is 0 Å². The minimum atomic E-state index is 0.880. The Kier molecular flexibility index (Phi) is 0.982. The van der Waals surface area contributed by atoms with Gasteiger partial charge in [0.25, 0.3) is 5.51 Å². The molecule has 2 nitrogen and oxygen atoms in total. The zero-order chi connectivity index (χ0) is 5.28. The fourth-order valence-corrected chi connectivity index (χ4v) is 0.971. The molecule has 0 atom stereocenters. The van der Waals surface area contributed by atoms with Crippen molar-refractivity contribution in [3.8, 4) is 0 Å². The van der Waals surface area contributed by atoms with Crippen molar-refractivity contribution in [3.63, 3.8) is 0 Å². The van der Waals surface area contributed by atoms with Crippen LogP contribution in [0.15, 0.2) is 10.9 Å². The van der Waals surface area contributed by atoms with Gasteiger partial charge in [0, 0.05) is 11.7 Å². The van der Waals surface area contributed by atoms with Crippen LogP contribution in [0.25, 0.3) is 0 Å². The standard InChI is InChI=1S/C4H6NOS/c1-4-2-7-3-5(4)6/h2-3,6H,1H3/q+1. The van der Waals surface area contributed by atoms with Crippen molar-refractivity contribution < 1.29 is 9.94 Å². The predicted octanol–water partition coefficient (Wildman–Crippen LogP) is 0.581. The van der Waals surface area contributed by atoms with E-state index in [4.69, 9.17) is 5.21 Å². The molecule has 0 saturated carbocycles. The largest absolute Gasteiger partial charge is 0.284 e. The van der Waals surface area contributed by atoms with Gasteiger partial charge in [0.2, 0.25) is 5.69 Å². The molecule has 0 aromatic carbocycles. The van der Waals surface area contributed by atoms with Crippen molar-refractivity contribution in [2.24, 2.45) is 0 Å². The summed E-state index contributed by atoms with van der Waals surface area (Å²) >= 11 is 1.48. The summed E-state index contributed by atoms with van der Waals surface area (Å²) in [5.41, 5.74) is 2.51. The molecular weight excluding hydrogens is 110 g/mol. The summed E-state index contributed by atoms with van der Waals surface area (Å²) in [6.07, 6.45) is 0. The van der Waals surface area contributed by atoms with Crippen LogP contribution in [0.5, 0.6) is 0 Å². The van der Waals surface area contributed by atoms with Gasteiger partial charge in [0.15, 0.2) is 0 Å². The summed E-state index contributed by atoms with van der Waals surface area (Å²) in [5, 5.41) is 10.6. The Morgan fingerprint density at radius 3 is 2.71 bits per heavy atom. The number of hydrogen-bond donors (Lipinski definition) is 1. The predicted molar refractivity (Wildman–Crippen MR) is 26.4 cm³/mol. The molecule has 0 fully saturated rings. The summed E-state index contributed by atoms with van der Waals surface area (Å²) in [4.78, 5) is 0. The number of thiazole rings is 1. The molecule has 0 radical (unpaired) electrons. The first kappa shape index (κ1) is 4.59. The Balaban J connectivity index is 3.12. The Morgan fingerprint density at radius 2 is 2.57 bits per heavy atom. The smallest absolute Gasteiger partial charge is 0.276 e. The molecule has 0 aliphatic carbocycles. The highest BCUT2D eigenvalue weighted by atomic mass is 32.1. The first-order valence-corrected chi connectivity index (χ1v) is 2.88. The monoisotopic (exact) mass is 116 g/mol. The van der Waals surface area contributed by atoms with Crippen LogP contribution in [0.2, 0.25) is 0 Å². The molecule has 1 heterocycles. The van der Waals surface area contributed by atoms with E-state index in [9.17, 15) is 0 Å². The van der Waals surface area contributed by atoms with Crippen LogP contribution in [0.3, 0.4) is 0 Å². The number of aryl methyl sites for hydroxylation is 1. The molecule has 38 valence electrons. The van der Waals surface area contributed by atoms with E-state index < -0.39 is 0 Å². The van der Waals surface area contributed by atoms with E-state index in [0.717, 1.165) is 10.4 Å². The number of nitrogens with zero attached hydrogens (tertiary/aromatic N) is 1. The number of aromatic nitrogens is 1. The SMILES string of the molecule is Cc1csc[n+]1O. The fourth-order valence-electron chi connectivity index (χ4n) is 0.324. The zero-order valence-corrected chi connectivity index (χ0v) is 4.77. The van der Waals surface area contributed by atoms with Crippen molar-refractivity contribution >= 4 is 11.3 Å². The third-order valence-corrected chi connectivity index (χ3v) is 1.56. The van der Waals surface area contributed by atoms with E-state index in [1.54, 1.807) is 5.51 Å². The normalized spacial score (nSPS) is 9.29. The second-order valence-electron chi connectivity index (χ2n) is 1.35. The van der Waals surface area contributed by atoms with Crippen LogP contribution >= 0.6 is 11.3 Å². The Labute approximate surface area is 45.6 Å². The molecular formula is C4H6NOS+. The molecule has 7 heavy (non-hydrogen) atoms. The van der Waals surface area contributed by atoms with Gasteiger partial charge in [-0.3, -0.25) is 5.21 Å². The maximum absolute atomic E-state index is 8.69. The number of hydrogen-bond acceptors (Lipinski definition) is 2. The van der Waals surface area contributed by atoms with Crippen LogP contribution < -0.4 is 4.73 Å². The maximum Gasteiger partial charge on any atom is 0.276 e. The van der Waals surface area contributed by atoms with Crippen LogP contribution in [-0.2, 0) is 0 Å². The second kappa shape index (κ2) is 1.50. The topological polar surface area (TPSA) is 24.1 Å². The highest BCUT2D eigenvalue weighted by Crippen LogP contribution is 1.92. The van der Waals surface area contributed by atoms with Crippen molar-refractivity contribution in [2.75, 3.05) is 0 Å². The van der Waals surface area contributed by atoms with Crippen molar-refractivity contribution in [1.29, 1.82) is 0 Å². The molecule has 0 unspecified atom stereocenters. The molecule has 0 amide bonds. The Hall–Kier alpha value is -0.570. The molecule has 1 N–H and O–H groups in total. The molecule has 0 aliphatic heterocycles. The minimum Gasteiger partial charge on any atom is -0.284 e. The van der Waals surface area contributed by atoms with Gasteiger partial charge < -0.3 is 0 Å². The highest BCUT2D eigenvalue weighted by Gasteiger charge is 2.00. The lowest BCUT2D eigenvalue weighted by molar-refractivity contribution is -0.905. The van der Waals surface area contributed by atoms with E-state index in [-0.39, 0.29) is 0 Å². The molecule has 3 heteroatoms. The van der Waals surface area contributed by atoms with E-state index in [1.807, 2.05) is 12.3 Å². The van der Waals surface area contributed by atoms with Crippen LogP contribution in [0, 0.1) is 6.92 Å². The summed E-state index contributed by atoms with van der Waals surface area (Å²) in [5.74, 6) is 0. The molecule has 1 aromatic rings. The molecule has 0 saturated heterocycles. The van der Waals surface area contributed by atoms with Crippen LogP contribution in [0.4, 0.5) is 0 Å². The molecule has 0 aliphatic rings. The van der Waals surface area contributed by atoms with E-state index >= 15 is 0 Å². The summed E-state index contributed by atoms with van der Waals surface area (Å²) in [6.45, 7) is 1.84. The van der Waals surface area contributed by atoms with Crippen LogP contribution in [-0.4, -0.2) is 5.21 Å². The van der Waals surface area contributed by atoms with Crippen molar-refractivity contribution in [1.82, 2.24) is 0 Å². The first-order valence-electron chi connectivity index (χ1n) is 1.94. The van der Waals surface area contributed by atoms with Crippen molar-refractivity contribution in [3.05, 3.63) is 16.6 Å². The molecule has 1 rings (SSSR count). The third-order valence-electron chi connectivity index (χ3n) is 0.761. The Bertz CT molecular complexity index is 144. The molecule has 0 bridgehead atoms. The van der Waals surface area contributed by atoms with Gasteiger partial charge in [-0.05, 0) is 0 Å². The average molecular weight is 116 g/mol. The summed E-state index contributed by atoms with van der Waals surface area (Å²) in [7, 11) is 0. The van der Waals surface area contributed by atoms with Gasteiger partial charge in [-0.2, -0.15) is 0 Å². The van der Waals surface area contributed by atoms with E-state index in [1.165, 1.54) is 11.3 Å². The fraction of sp³-hybridized carbons (Fsp3) is 0.250. The lowest BCUT2D eigenvalue weighted by atomic mass is 10.6. The third kappa shape index (κ3) is 0.718. The lowest BCUT2D eigenvalue weighted by Crippen LogP contribution is -2.29. The van der Waals surface area contributed by atoms with Crippen LogP contribution in [0.1, 0.15) is 5.69 Å². The molecule has 1 aromatic heterocycles. The second-order valence-corrected chi connectivity index (χ2v) is 2.06. The van der Waals surface area contributed by atoms with Gasteiger partial charge in [-0.25, -0.2) is 0 Å². The van der Waals surface area contributed by atoms with Gasteiger partial charge in [0.05, 0.1) is 5.38 Å². The van der Waals surface area contributed by atoms with Gasteiger partial charge in [-0.1, -0.05) is 11.3 Å². The van der Waals surface area contributed by atoms with Gasteiger partial charge in [0.1, 0.15) is 0 Å². The minimum absolute atomic E-state index is 0.880. The van der Waals surface area contributed by atoms with E-state index in [2.05, 4.69) is 0 Å². The first-order chi connectivity index (χ1) is 3.30. The van der Waals surface area contributed by atoms with Gasteiger partial charge >= 0.3 is 0 Å². The number of rotatable bonds is 0.